The number of hydrogen-bond donors (Lipinski definition) is 2. The van der Waals surface area contributed by atoms with Crippen LogP contribution < -0.4 is 10.6 Å². The van der Waals surface area contributed by atoms with Gasteiger partial charge in [-0.05, 0) is 48.2 Å². The highest BCUT2D eigenvalue weighted by molar-refractivity contribution is 5.75. The molecule has 1 saturated carbocycles. The van der Waals surface area contributed by atoms with Crippen LogP contribution in [0.15, 0.2) is 48.8 Å². The first-order valence-electron chi connectivity index (χ1n) is 7.89. The molecule has 0 bridgehead atoms. The fourth-order valence-electron chi connectivity index (χ4n) is 2.85. The highest BCUT2D eigenvalue weighted by Crippen LogP contribution is 2.40. The van der Waals surface area contributed by atoms with Crippen LogP contribution in [-0.2, 0) is 0 Å². The van der Waals surface area contributed by atoms with E-state index in [2.05, 4.69) is 15.6 Å². The molecule has 1 aliphatic carbocycles. The second-order valence-corrected chi connectivity index (χ2v) is 5.86. The number of pyridine rings is 1. The van der Waals surface area contributed by atoms with Crippen LogP contribution in [0.2, 0.25) is 0 Å². The number of nitrogens with one attached hydrogen (secondary N) is 2. The number of amides is 2. The normalized spacial score (nSPS) is 20.6. The Bertz CT molecular complexity index is 677. The standard InChI is InChI=1S/C18H20FN3O/c1-2-16(12-6-8-20-9-7-12)21-18(23)22-17-11-15(17)13-4-3-5-14(19)10-13/h3-10,15-17H,2,11H2,1H3,(H2,21,22,23)/t15-,16?,17+/m0/s1. The van der Waals surface area contributed by atoms with Gasteiger partial charge in [-0.1, -0.05) is 19.1 Å². The molecule has 3 rings (SSSR count). The minimum absolute atomic E-state index is 0.0376. The van der Waals surface area contributed by atoms with Gasteiger partial charge in [-0.15, -0.1) is 0 Å². The maximum absolute atomic E-state index is 13.2. The topological polar surface area (TPSA) is 54.0 Å². The SMILES string of the molecule is CCC(NC(=O)N[C@@H]1C[C@H]1c1cccc(F)c1)c1ccncc1. The quantitative estimate of drug-likeness (QED) is 0.887. The molecule has 0 saturated heterocycles. The van der Waals surface area contributed by atoms with Gasteiger partial charge in [0.05, 0.1) is 6.04 Å². The molecule has 120 valence electrons. The van der Waals surface area contributed by atoms with Gasteiger partial charge in [0.15, 0.2) is 0 Å². The summed E-state index contributed by atoms with van der Waals surface area (Å²) in [7, 11) is 0. The summed E-state index contributed by atoms with van der Waals surface area (Å²) in [6.07, 6.45) is 5.09. The van der Waals surface area contributed by atoms with E-state index in [9.17, 15) is 9.18 Å². The third-order valence-corrected chi connectivity index (χ3v) is 4.21. The van der Waals surface area contributed by atoms with Crippen molar-refractivity contribution in [1.82, 2.24) is 15.6 Å². The molecule has 0 spiro atoms. The van der Waals surface area contributed by atoms with Crippen molar-refractivity contribution < 1.29 is 9.18 Å². The van der Waals surface area contributed by atoms with Crippen molar-refractivity contribution in [3.8, 4) is 0 Å². The average molecular weight is 313 g/mol. The van der Waals surface area contributed by atoms with Crippen LogP contribution in [0.4, 0.5) is 9.18 Å². The Balaban J connectivity index is 1.54. The van der Waals surface area contributed by atoms with E-state index >= 15 is 0 Å². The zero-order chi connectivity index (χ0) is 16.2. The van der Waals surface area contributed by atoms with Gasteiger partial charge in [0, 0.05) is 24.4 Å². The van der Waals surface area contributed by atoms with Crippen molar-refractivity contribution in [1.29, 1.82) is 0 Å². The molecule has 5 heteroatoms. The Morgan fingerprint density at radius 3 is 2.83 bits per heavy atom. The van der Waals surface area contributed by atoms with Crippen LogP contribution in [0.25, 0.3) is 0 Å². The minimum atomic E-state index is -0.235. The molecule has 4 nitrogen and oxygen atoms in total. The van der Waals surface area contributed by atoms with Gasteiger partial charge < -0.3 is 10.6 Å². The second-order valence-electron chi connectivity index (χ2n) is 5.86. The van der Waals surface area contributed by atoms with Gasteiger partial charge in [0.25, 0.3) is 0 Å². The van der Waals surface area contributed by atoms with Crippen molar-refractivity contribution in [3.63, 3.8) is 0 Å². The van der Waals surface area contributed by atoms with E-state index in [0.29, 0.717) is 0 Å². The van der Waals surface area contributed by atoms with E-state index in [-0.39, 0.29) is 29.8 Å². The van der Waals surface area contributed by atoms with E-state index < -0.39 is 0 Å². The minimum Gasteiger partial charge on any atom is -0.335 e. The largest absolute Gasteiger partial charge is 0.335 e. The molecule has 3 atom stereocenters. The number of benzene rings is 1. The molecule has 23 heavy (non-hydrogen) atoms. The van der Waals surface area contributed by atoms with Crippen LogP contribution in [0, 0.1) is 5.82 Å². The van der Waals surface area contributed by atoms with Gasteiger partial charge in [-0.25, -0.2) is 9.18 Å². The lowest BCUT2D eigenvalue weighted by Gasteiger charge is -2.17. The molecule has 1 aliphatic rings. The van der Waals surface area contributed by atoms with E-state index in [1.165, 1.54) is 12.1 Å². The number of hydrogen-bond acceptors (Lipinski definition) is 2. The molecule has 2 N–H and O–H groups in total. The monoisotopic (exact) mass is 313 g/mol. The van der Waals surface area contributed by atoms with E-state index in [0.717, 1.165) is 24.0 Å². The number of rotatable bonds is 5. The van der Waals surface area contributed by atoms with E-state index in [1.807, 2.05) is 25.1 Å². The van der Waals surface area contributed by atoms with E-state index in [1.54, 1.807) is 18.5 Å². The molecule has 1 fully saturated rings. The van der Waals surface area contributed by atoms with Crippen LogP contribution in [0.1, 0.15) is 42.9 Å². The van der Waals surface area contributed by atoms with Crippen molar-refractivity contribution >= 4 is 6.03 Å². The Labute approximate surface area is 135 Å². The van der Waals surface area contributed by atoms with E-state index in [4.69, 9.17) is 0 Å². The lowest BCUT2D eigenvalue weighted by atomic mass is 10.1. The van der Waals surface area contributed by atoms with Crippen LogP contribution in [0.5, 0.6) is 0 Å². The number of halogens is 1. The Morgan fingerprint density at radius 1 is 1.35 bits per heavy atom. The summed E-state index contributed by atoms with van der Waals surface area (Å²) in [6.45, 7) is 2.03. The molecular formula is C18H20FN3O. The van der Waals surface area contributed by atoms with Crippen molar-refractivity contribution in [2.24, 2.45) is 0 Å². The smallest absolute Gasteiger partial charge is 0.315 e. The number of carbonyl (C=O) groups excluding carboxylic acids is 1. The zero-order valence-corrected chi connectivity index (χ0v) is 13.0. The lowest BCUT2D eigenvalue weighted by Crippen LogP contribution is -2.39. The third-order valence-electron chi connectivity index (χ3n) is 4.21. The molecule has 1 heterocycles. The Kier molecular flexibility index (Phi) is 4.55. The summed E-state index contributed by atoms with van der Waals surface area (Å²) in [4.78, 5) is 16.2. The summed E-state index contributed by atoms with van der Waals surface area (Å²) in [5, 5.41) is 5.95. The van der Waals surface area contributed by atoms with Gasteiger partial charge in [-0.2, -0.15) is 0 Å². The molecular weight excluding hydrogens is 293 g/mol. The second kappa shape index (κ2) is 6.77. The number of carbonyl (C=O) groups is 1. The zero-order valence-electron chi connectivity index (χ0n) is 13.0. The first-order chi connectivity index (χ1) is 11.2. The van der Waals surface area contributed by atoms with Crippen molar-refractivity contribution in [2.75, 3.05) is 0 Å². The molecule has 2 amide bonds. The first kappa shape index (κ1) is 15.5. The predicted octanol–water partition coefficient (Wildman–Crippen LogP) is 3.53. The van der Waals surface area contributed by atoms with Crippen molar-refractivity contribution in [3.05, 3.63) is 65.7 Å². The highest BCUT2D eigenvalue weighted by Gasteiger charge is 2.39. The van der Waals surface area contributed by atoms with Gasteiger partial charge in [0.2, 0.25) is 0 Å². The first-order valence-corrected chi connectivity index (χ1v) is 7.89. The summed E-state index contributed by atoms with van der Waals surface area (Å²) in [6, 6.07) is 10.2. The van der Waals surface area contributed by atoms with Gasteiger partial charge >= 0.3 is 6.03 Å². The number of nitrogens with zero attached hydrogens (tertiary/aromatic N) is 1. The number of urea groups is 1. The third kappa shape index (κ3) is 3.86. The highest BCUT2D eigenvalue weighted by atomic mass is 19.1. The summed E-state index contributed by atoms with van der Waals surface area (Å²) in [5.41, 5.74) is 1.98. The van der Waals surface area contributed by atoms with Crippen LogP contribution in [0.3, 0.4) is 0 Å². The number of aromatic nitrogens is 1. The summed E-state index contributed by atoms with van der Waals surface area (Å²) < 4.78 is 13.2. The van der Waals surface area contributed by atoms with Gasteiger partial charge in [-0.3, -0.25) is 4.98 Å². The average Bonchev–Trinajstić information content (AvgIpc) is 3.32. The molecule has 1 aromatic heterocycles. The maximum Gasteiger partial charge on any atom is 0.315 e. The fourth-order valence-corrected chi connectivity index (χ4v) is 2.85. The predicted molar refractivity (Wildman–Crippen MR) is 86.5 cm³/mol. The van der Waals surface area contributed by atoms with Crippen LogP contribution in [-0.4, -0.2) is 17.1 Å². The summed E-state index contributed by atoms with van der Waals surface area (Å²) >= 11 is 0. The van der Waals surface area contributed by atoms with Gasteiger partial charge in [0.1, 0.15) is 5.82 Å². The van der Waals surface area contributed by atoms with Crippen molar-refractivity contribution in [2.45, 2.75) is 37.8 Å². The molecule has 1 unspecified atom stereocenters. The fraction of sp³-hybridized carbons (Fsp3) is 0.333. The van der Waals surface area contributed by atoms with Crippen LogP contribution >= 0.6 is 0 Å². The Hall–Kier alpha value is -2.43. The molecule has 1 aromatic carbocycles. The summed E-state index contributed by atoms with van der Waals surface area (Å²) in [5.74, 6) is -0.0289. The molecule has 0 aliphatic heterocycles. The lowest BCUT2D eigenvalue weighted by molar-refractivity contribution is 0.236. The molecule has 2 aromatic rings. The molecule has 0 radical (unpaired) electrons. The Morgan fingerprint density at radius 2 is 2.13 bits per heavy atom. The maximum atomic E-state index is 13.2.